The van der Waals surface area contributed by atoms with Crippen LogP contribution in [0.5, 0.6) is 0 Å². The Kier molecular flexibility index (Phi) is 4.54. The quantitative estimate of drug-likeness (QED) is 0.434. The van der Waals surface area contributed by atoms with Gasteiger partial charge < -0.3 is 4.90 Å². The molecule has 0 N–H and O–H groups in total. The molecule has 8 nitrogen and oxygen atoms in total. The van der Waals surface area contributed by atoms with Crippen molar-refractivity contribution in [3.05, 3.63) is 68.0 Å². The zero-order valence-corrected chi connectivity index (χ0v) is 15.6. The molecule has 148 valence electrons. The number of carbonyl (C=O) groups is 3. The van der Waals surface area contributed by atoms with E-state index >= 15 is 0 Å². The summed E-state index contributed by atoms with van der Waals surface area (Å²) in [7, 11) is 0. The standard InChI is InChI=1S/C19H13ClFN3O5/c20-12-6-7-13(21)17-10(12)4-2-8-22(17)15(25)9-23-18(26)11-3-1-5-14(24(28)29)16(11)19(23)27/h1,3,5-7H,2,4,8-9H2. The van der Waals surface area contributed by atoms with Gasteiger partial charge in [-0.3, -0.25) is 29.4 Å². The van der Waals surface area contributed by atoms with Crippen LogP contribution < -0.4 is 4.90 Å². The van der Waals surface area contributed by atoms with Crippen LogP contribution in [0.2, 0.25) is 5.02 Å². The second-order valence-electron chi connectivity index (χ2n) is 6.66. The lowest BCUT2D eigenvalue weighted by Crippen LogP contribution is -2.45. The van der Waals surface area contributed by atoms with Gasteiger partial charge in [0.1, 0.15) is 17.9 Å². The van der Waals surface area contributed by atoms with Crippen molar-refractivity contribution < 1.29 is 23.7 Å². The largest absolute Gasteiger partial charge is 0.308 e. The summed E-state index contributed by atoms with van der Waals surface area (Å²) in [6.45, 7) is -0.457. The Morgan fingerprint density at radius 2 is 1.97 bits per heavy atom. The van der Waals surface area contributed by atoms with E-state index < -0.39 is 40.7 Å². The molecule has 0 spiro atoms. The summed E-state index contributed by atoms with van der Waals surface area (Å²) in [5.74, 6) is -3.03. The smallest absolute Gasteiger partial charge is 0.282 e. The number of carbonyl (C=O) groups excluding carboxylic acids is 3. The number of nitro benzene ring substituents is 1. The molecule has 2 aliphatic heterocycles. The number of hydrogen-bond acceptors (Lipinski definition) is 5. The number of imide groups is 1. The van der Waals surface area contributed by atoms with Crippen molar-refractivity contribution in [1.82, 2.24) is 4.90 Å². The van der Waals surface area contributed by atoms with Gasteiger partial charge >= 0.3 is 0 Å². The molecule has 0 radical (unpaired) electrons. The average molecular weight is 418 g/mol. The topological polar surface area (TPSA) is 101 Å². The minimum atomic E-state index is -0.922. The third-order valence-electron chi connectivity index (χ3n) is 5.02. The second-order valence-corrected chi connectivity index (χ2v) is 7.07. The molecule has 0 fully saturated rings. The normalized spacial score (nSPS) is 15.4. The highest BCUT2D eigenvalue weighted by Crippen LogP contribution is 2.36. The minimum Gasteiger partial charge on any atom is -0.308 e. The third kappa shape index (κ3) is 2.94. The number of nitro groups is 1. The molecule has 0 aromatic heterocycles. The maximum Gasteiger partial charge on any atom is 0.282 e. The lowest BCUT2D eigenvalue weighted by atomic mass is 10.0. The van der Waals surface area contributed by atoms with Gasteiger partial charge in [-0.2, -0.15) is 0 Å². The fourth-order valence-electron chi connectivity index (χ4n) is 3.72. The van der Waals surface area contributed by atoms with Crippen molar-refractivity contribution in [3.63, 3.8) is 0 Å². The molecule has 0 atom stereocenters. The molecule has 0 saturated heterocycles. The number of benzene rings is 2. The van der Waals surface area contributed by atoms with Gasteiger partial charge in [-0.05, 0) is 36.6 Å². The molecule has 2 aromatic carbocycles. The molecule has 0 saturated carbocycles. The fourth-order valence-corrected chi connectivity index (χ4v) is 3.97. The summed E-state index contributed by atoms with van der Waals surface area (Å²) in [5, 5.41) is 11.5. The number of fused-ring (bicyclic) bond motifs is 2. The summed E-state index contributed by atoms with van der Waals surface area (Å²) < 4.78 is 14.4. The number of anilines is 1. The first-order valence-electron chi connectivity index (χ1n) is 8.72. The van der Waals surface area contributed by atoms with Gasteiger partial charge in [-0.25, -0.2) is 4.39 Å². The van der Waals surface area contributed by atoms with Crippen LogP contribution >= 0.6 is 11.6 Å². The number of hydrogen-bond donors (Lipinski definition) is 0. The van der Waals surface area contributed by atoms with Gasteiger partial charge in [-0.1, -0.05) is 17.7 Å². The third-order valence-corrected chi connectivity index (χ3v) is 5.38. The number of rotatable bonds is 3. The Balaban J connectivity index is 1.65. The predicted octanol–water partition coefficient (Wildman–Crippen LogP) is 2.96. The van der Waals surface area contributed by atoms with Crippen LogP contribution in [0.15, 0.2) is 30.3 Å². The lowest BCUT2D eigenvalue weighted by Gasteiger charge is -2.31. The summed E-state index contributed by atoms with van der Waals surface area (Å²) in [6, 6.07) is 6.27. The van der Waals surface area contributed by atoms with Crippen molar-refractivity contribution >= 4 is 40.7 Å². The summed E-state index contributed by atoms with van der Waals surface area (Å²) in [4.78, 5) is 50.4. The van der Waals surface area contributed by atoms with E-state index in [0.717, 1.165) is 17.0 Å². The highest BCUT2D eigenvalue weighted by Gasteiger charge is 2.42. The molecule has 2 aliphatic rings. The fraction of sp³-hybridized carbons (Fsp3) is 0.211. The van der Waals surface area contributed by atoms with E-state index in [1.165, 1.54) is 18.2 Å². The van der Waals surface area contributed by atoms with Crippen LogP contribution in [-0.2, 0) is 11.2 Å². The van der Waals surface area contributed by atoms with E-state index in [9.17, 15) is 28.9 Å². The molecule has 2 heterocycles. The second kappa shape index (κ2) is 6.93. The van der Waals surface area contributed by atoms with Gasteiger partial charge in [0.15, 0.2) is 0 Å². The molecule has 4 rings (SSSR count). The van der Waals surface area contributed by atoms with Gasteiger partial charge in [0.25, 0.3) is 17.5 Å². The van der Waals surface area contributed by atoms with E-state index in [0.29, 0.717) is 28.3 Å². The maximum absolute atomic E-state index is 14.4. The highest BCUT2D eigenvalue weighted by atomic mass is 35.5. The van der Waals surface area contributed by atoms with E-state index in [1.807, 2.05) is 0 Å². The van der Waals surface area contributed by atoms with Gasteiger partial charge in [0.2, 0.25) is 5.91 Å². The molecule has 3 amide bonds. The highest BCUT2D eigenvalue weighted by molar-refractivity contribution is 6.32. The average Bonchev–Trinajstić information content (AvgIpc) is 2.95. The van der Waals surface area contributed by atoms with Crippen LogP contribution in [0.1, 0.15) is 32.7 Å². The van der Waals surface area contributed by atoms with E-state index in [-0.39, 0.29) is 23.4 Å². The zero-order valence-electron chi connectivity index (χ0n) is 14.9. The lowest BCUT2D eigenvalue weighted by molar-refractivity contribution is -0.385. The monoisotopic (exact) mass is 417 g/mol. The molecule has 10 heteroatoms. The zero-order chi connectivity index (χ0) is 20.9. The first-order chi connectivity index (χ1) is 13.8. The summed E-state index contributed by atoms with van der Waals surface area (Å²) in [5.41, 5.74) is -0.452. The first kappa shape index (κ1) is 19.0. The Labute approximate surface area is 168 Å². The van der Waals surface area contributed by atoms with Crippen LogP contribution in [-0.4, -0.2) is 40.6 Å². The van der Waals surface area contributed by atoms with Gasteiger partial charge in [-0.15, -0.1) is 0 Å². The van der Waals surface area contributed by atoms with Crippen molar-refractivity contribution in [3.8, 4) is 0 Å². The van der Waals surface area contributed by atoms with E-state index in [2.05, 4.69) is 0 Å². The first-order valence-corrected chi connectivity index (χ1v) is 9.10. The van der Waals surface area contributed by atoms with Crippen LogP contribution in [0, 0.1) is 15.9 Å². The number of amides is 3. The minimum absolute atomic E-state index is 0.0383. The van der Waals surface area contributed by atoms with E-state index in [4.69, 9.17) is 11.6 Å². The van der Waals surface area contributed by atoms with Crippen molar-refractivity contribution in [2.75, 3.05) is 18.0 Å². The van der Waals surface area contributed by atoms with Crippen LogP contribution in [0.4, 0.5) is 15.8 Å². The van der Waals surface area contributed by atoms with Gasteiger partial charge in [0.05, 0.1) is 16.2 Å². The Morgan fingerprint density at radius 3 is 2.69 bits per heavy atom. The Morgan fingerprint density at radius 1 is 1.21 bits per heavy atom. The Bertz CT molecular complexity index is 1100. The Hall–Kier alpha value is -3.33. The molecule has 2 aromatic rings. The van der Waals surface area contributed by atoms with Crippen LogP contribution in [0.3, 0.4) is 0 Å². The maximum atomic E-state index is 14.4. The summed E-state index contributed by atoms with van der Waals surface area (Å²) >= 11 is 6.12. The van der Waals surface area contributed by atoms with Crippen molar-refractivity contribution in [1.29, 1.82) is 0 Å². The molecular weight excluding hydrogens is 405 g/mol. The molecular formula is C19H13ClFN3O5. The molecule has 0 unspecified atom stereocenters. The van der Waals surface area contributed by atoms with Crippen molar-refractivity contribution in [2.24, 2.45) is 0 Å². The SMILES string of the molecule is O=C1c2cccc([N+](=O)[O-])c2C(=O)N1CC(=O)N1CCCc2c(Cl)ccc(F)c21. The molecule has 0 aliphatic carbocycles. The predicted molar refractivity (Wildman–Crippen MR) is 101 cm³/mol. The van der Waals surface area contributed by atoms with Crippen LogP contribution in [0.25, 0.3) is 0 Å². The number of halogens is 2. The molecule has 29 heavy (non-hydrogen) atoms. The van der Waals surface area contributed by atoms with Gasteiger partial charge in [0, 0.05) is 17.6 Å². The van der Waals surface area contributed by atoms with E-state index in [1.54, 1.807) is 0 Å². The molecule has 0 bridgehead atoms. The summed E-state index contributed by atoms with van der Waals surface area (Å²) in [6.07, 6.45) is 1.03. The van der Waals surface area contributed by atoms with Crippen molar-refractivity contribution in [2.45, 2.75) is 12.8 Å². The number of nitrogens with zero attached hydrogens (tertiary/aromatic N) is 3.